The number of aliphatic hydroxyl groups excluding tert-OH is 1. The maximum absolute atomic E-state index is 12.4. The fourth-order valence-electron chi connectivity index (χ4n) is 3.92. The summed E-state index contributed by atoms with van der Waals surface area (Å²) in [7, 11) is 0. The molecule has 2 aliphatic rings. The maximum atomic E-state index is 12.4. The largest absolute Gasteiger partial charge is 0.548 e. The van der Waals surface area contributed by atoms with Crippen molar-refractivity contribution in [3.63, 3.8) is 0 Å². The minimum absolute atomic E-state index is 0.0352. The van der Waals surface area contributed by atoms with E-state index in [9.17, 15) is 19.8 Å². The Bertz CT molecular complexity index is 819. The van der Waals surface area contributed by atoms with Crippen LogP contribution < -0.4 is 5.11 Å². The number of benzene rings is 2. The topological polar surface area (TPSA) is 89.9 Å². The van der Waals surface area contributed by atoms with Crippen LogP contribution in [0.1, 0.15) is 23.5 Å². The van der Waals surface area contributed by atoms with Gasteiger partial charge in [-0.15, -0.1) is 0 Å². The van der Waals surface area contributed by atoms with Crippen LogP contribution in [0.4, 0.5) is 4.79 Å². The van der Waals surface area contributed by atoms with Crippen molar-refractivity contribution < 1.29 is 24.5 Å². The maximum Gasteiger partial charge on any atom is 0.410 e. The van der Waals surface area contributed by atoms with Gasteiger partial charge < -0.3 is 19.7 Å². The second-order valence-electron chi connectivity index (χ2n) is 6.68. The van der Waals surface area contributed by atoms with Crippen molar-refractivity contribution in [2.24, 2.45) is 0 Å². The molecular weight excluding hydrogens is 334 g/mol. The smallest absolute Gasteiger partial charge is 0.410 e. The summed E-state index contributed by atoms with van der Waals surface area (Å²) >= 11 is 0. The van der Waals surface area contributed by atoms with E-state index in [1.807, 2.05) is 48.5 Å². The summed E-state index contributed by atoms with van der Waals surface area (Å²) in [5.74, 6) is -1.48. The van der Waals surface area contributed by atoms with Crippen LogP contribution >= 0.6 is 0 Å². The predicted octanol–water partition coefficient (Wildman–Crippen LogP) is 1.12. The molecule has 0 bridgehead atoms. The number of aliphatic carboxylic acids is 1. The number of carbonyl (C=O) groups is 2. The zero-order valence-corrected chi connectivity index (χ0v) is 14.0. The molecule has 2 atom stereocenters. The Morgan fingerprint density at radius 1 is 1.08 bits per heavy atom. The number of β-amino-alcohol motifs (C(OH)–C–C–N with tert-alkyl or cyclic N) is 1. The first-order chi connectivity index (χ1) is 12.6. The summed E-state index contributed by atoms with van der Waals surface area (Å²) in [5.41, 5.74) is 4.40. The van der Waals surface area contributed by atoms with E-state index in [4.69, 9.17) is 4.74 Å². The standard InChI is InChI=1S/C20H19NO5/c22-12-9-18(19(23)24)21(10-12)20(25)26-11-17-15-7-3-1-5-13(15)14-6-2-4-8-16(14)17/h1-8,12,17-18,22H,9-11H2,(H,23,24)/p-1/t12-,18+/m0/s1. The number of carboxylic acids is 1. The third-order valence-corrected chi connectivity index (χ3v) is 5.12. The minimum Gasteiger partial charge on any atom is -0.548 e. The normalized spacial score (nSPS) is 21.3. The number of likely N-dealkylation sites (tertiary alicyclic amines) is 1. The predicted molar refractivity (Wildman–Crippen MR) is 91.2 cm³/mol. The monoisotopic (exact) mass is 352 g/mol. The number of aliphatic hydroxyl groups is 1. The molecule has 1 N–H and O–H groups in total. The highest BCUT2D eigenvalue weighted by molar-refractivity contribution is 5.81. The van der Waals surface area contributed by atoms with Crippen LogP contribution in [0, 0.1) is 0 Å². The lowest BCUT2D eigenvalue weighted by atomic mass is 9.98. The van der Waals surface area contributed by atoms with Gasteiger partial charge in [0.25, 0.3) is 0 Å². The van der Waals surface area contributed by atoms with Crippen molar-refractivity contribution in [3.8, 4) is 11.1 Å². The molecule has 26 heavy (non-hydrogen) atoms. The summed E-state index contributed by atoms with van der Waals surface area (Å²) < 4.78 is 5.44. The minimum atomic E-state index is -1.38. The molecule has 1 aliphatic heterocycles. The van der Waals surface area contributed by atoms with E-state index in [2.05, 4.69) is 0 Å². The lowest BCUT2D eigenvalue weighted by Gasteiger charge is -2.25. The van der Waals surface area contributed by atoms with Crippen LogP contribution in [0.2, 0.25) is 0 Å². The number of fused-ring (bicyclic) bond motifs is 3. The number of carboxylic acid groups (broad SMARTS) is 1. The summed E-state index contributed by atoms with van der Waals surface area (Å²) in [4.78, 5) is 24.6. The molecule has 2 aromatic rings. The van der Waals surface area contributed by atoms with Crippen molar-refractivity contribution >= 4 is 12.1 Å². The van der Waals surface area contributed by atoms with Crippen molar-refractivity contribution in [2.75, 3.05) is 13.2 Å². The number of nitrogens with zero attached hydrogens (tertiary/aromatic N) is 1. The average molecular weight is 352 g/mol. The van der Waals surface area contributed by atoms with E-state index in [0.29, 0.717) is 0 Å². The van der Waals surface area contributed by atoms with Crippen molar-refractivity contribution in [1.29, 1.82) is 0 Å². The van der Waals surface area contributed by atoms with E-state index in [1.54, 1.807) is 0 Å². The van der Waals surface area contributed by atoms with Crippen LogP contribution in [-0.2, 0) is 9.53 Å². The molecule has 1 fully saturated rings. The van der Waals surface area contributed by atoms with Crippen molar-refractivity contribution in [2.45, 2.75) is 24.5 Å². The molecule has 0 radical (unpaired) electrons. The van der Waals surface area contributed by atoms with E-state index >= 15 is 0 Å². The van der Waals surface area contributed by atoms with Crippen LogP contribution in [0.25, 0.3) is 11.1 Å². The van der Waals surface area contributed by atoms with Gasteiger partial charge in [-0.1, -0.05) is 48.5 Å². The molecule has 1 saturated heterocycles. The molecule has 4 rings (SSSR count). The lowest BCUT2D eigenvalue weighted by Crippen LogP contribution is -2.47. The van der Waals surface area contributed by atoms with Gasteiger partial charge in [0.15, 0.2) is 0 Å². The first kappa shape index (κ1) is 16.6. The average Bonchev–Trinajstić information content (AvgIpc) is 3.18. The molecule has 0 spiro atoms. The molecule has 6 nitrogen and oxygen atoms in total. The van der Waals surface area contributed by atoms with Gasteiger partial charge in [0.1, 0.15) is 6.61 Å². The molecule has 0 saturated carbocycles. The molecule has 0 aromatic heterocycles. The summed E-state index contributed by atoms with van der Waals surface area (Å²) in [6.45, 7) is 0.0501. The fraction of sp³-hybridized carbons (Fsp3) is 0.300. The van der Waals surface area contributed by atoms with Crippen molar-refractivity contribution in [3.05, 3.63) is 59.7 Å². The third kappa shape index (κ3) is 2.72. The lowest BCUT2D eigenvalue weighted by molar-refractivity contribution is -0.310. The Labute approximate surface area is 150 Å². The number of hydrogen-bond acceptors (Lipinski definition) is 5. The summed E-state index contributed by atoms with van der Waals surface area (Å²) in [5, 5.41) is 20.8. The zero-order chi connectivity index (χ0) is 18.3. The van der Waals surface area contributed by atoms with E-state index in [1.165, 1.54) is 0 Å². The first-order valence-corrected chi connectivity index (χ1v) is 8.57. The van der Waals surface area contributed by atoms with Gasteiger partial charge >= 0.3 is 6.09 Å². The molecule has 134 valence electrons. The Morgan fingerprint density at radius 3 is 2.23 bits per heavy atom. The highest BCUT2D eigenvalue weighted by Crippen LogP contribution is 2.44. The molecule has 6 heteroatoms. The van der Waals surface area contributed by atoms with Crippen LogP contribution in [0.3, 0.4) is 0 Å². The molecular formula is C20H18NO5-. The highest BCUT2D eigenvalue weighted by Gasteiger charge is 2.37. The Balaban J connectivity index is 1.53. The third-order valence-electron chi connectivity index (χ3n) is 5.12. The Kier molecular flexibility index (Phi) is 4.12. The highest BCUT2D eigenvalue weighted by atomic mass is 16.6. The SMILES string of the molecule is O=C([O-])[C@H]1C[C@H](O)CN1C(=O)OCC1c2ccccc2-c2ccccc21. The quantitative estimate of drug-likeness (QED) is 0.894. The first-order valence-electron chi connectivity index (χ1n) is 8.57. The van der Waals surface area contributed by atoms with Gasteiger partial charge in [-0.25, -0.2) is 4.79 Å². The summed E-state index contributed by atoms with van der Waals surface area (Å²) in [6, 6.07) is 14.8. The van der Waals surface area contributed by atoms with Gasteiger partial charge in [-0.05, 0) is 22.3 Å². The van der Waals surface area contributed by atoms with E-state index in [-0.39, 0.29) is 25.5 Å². The number of ether oxygens (including phenoxy) is 1. The molecule has 1 heterocycles. The van der Waals surface area contributed by atoms with Crippen LogP contribution in [-0.4, -0.2) is 47.4 Å². The number of carbonyl (C=O) groups excluding carboxylic acids is 2. The molecule has 0 unspecified atom stereocenters. The molecule has 2 aromatic carbocycles. The van der Waals surface area contributed by atoms with Gasteiger partial charge in [0.05, 0.1) is 24.7 Å². The van der Waals surface area contributed by atoms with Crippen LogP contribution in [0.15, 0.2) is 48.5 Å². The van der Waals surface area contributed by atoms with E-state index in [0.717, 1.165) is 27.2 Å². The molecule has 1 amide bonds. The van der Waals surface area contributed by atoms with Crippen molar-refractivity contribution in [1.82, 2.24) is 4.90 Å². The van der Waals surface area contributed by atoms with E-state index < -0.39 is 24.2 Å². The van der Waals surface area contributed by atoms with Gasteiger partial charge in [0.2, 0.25) is 0 Å². The fourth-order valence-corrected chi connectivity index (χ4v) is 3.92. The second-order valence-corrected chi connectivity index (χ2v) is 6.68. The van der Waals surface area contributed by atoms with Gasteiger partial charge in [-0.3, -0.25) is 4.90 Å². The van der Waals surface area contributed by atoms with Gasteiger partial charge in [0, 0.05) is 12.3 Å². The summed E-state index contributed by atoms with van der Waals surface area (Å²) in [6.07, 6.45) is -1.65. The zero-order valence-electron chi connectivity index (χ0n) is 14.0. The number of hydrogen-bond donors (Lipinski definition) is 1. The molecule has 1 aliphatic carbocycles. The van der Waals surface area contributed by atoms with Gasteiger partial charge in [-0.2, -0.15) is 0 Å². The van der Waals surface area contributed by atoms with Crippen LogP contribution in [0.5, 0.6) is 0 Å². The number of rotatable bonds is 3. The second kappa shape index (κ2) is 6.46. The number of amides is 1. The Morgan fingerprint density at radius 2 is 1.65 bits per heavy atom. The Hall–Kier alpha value is -2.86.